The van der Waals surface area contributed by atoms with E-state index in [4.69, 9.17) is 23.2 Å². The van der Waals surface area contributed by atoms with E-state index in [0.717, 1.165) is 17.1 Å². The van der Waals surface area contributed by atoms with Gasteiger partial charge >= 0.3 is 6.03 Å². The number of rotatable bonds is 2. The molecule has 2 aromatic heterocycles. The van der Waals surface area contributed by atoms with Gasteiger partial charge in [-0.05, 0) is 41.8 Å². The van der Waals surface area contributed by atoms with Gasteiger partial charge < -0.3 is 14.8 Å². The van der Waals surface area contributed by atoms with Crippen molar-refractivity contribution in [3.63, 3.8) is 0 Å². The van der Waals surface area contributed by atoms with Crippen LogP contribution in [0.4, 0.5) is 10.5 Å². The Bertz CT molecular complexity index is 907. The largest absolute Gasteiger partial charge is 0.347 e. The lowest BCUT2D eigenvalue weighted by Gasteiger charge is -2.36. The van der Waals surface area contributed by atoms with Crippen LogP contribution in [0, 0.1) is 0 Å². The molecule has 4 nitrogen and oxygen atoms in total. The summed E-state index contributed by atoms with van der Waals surface area (Å²) in [4.78, 5) is 15.9. The SMILES string of the molecule is O=C(Nc1ccc(Cl)c(Cl)c1)N1CCn2cccc2C1c1cccs1. The zero-order valence-corrected chi connectivity index (χ0v) is 15.5. The number of aromatic nitrogens is 1. The Morgan fingerprint density at radius 3 is 2.76 bits per heavy atom. The summed E-state index contributed by atoms with van der Waals surface area (Å²) in [5, 5.41) is 5.85. The van der Waals surface area contributed by atoms with E-state index in [2.05, 4.69) is 28.2 Å². The van der Waals surface area contributed by atoms with Crippen molar-refractivity contribution in [1.29, 1.82) is 0 Å². The van der Waals surface area contributed by atoms with Crippen molar-refractivity contribution in [3.05, 3.63) is 74.7 Å². The summed E-state index contributed by atoms with van der Waals surface area (Å²) in [6.07, 6.45) is 2.06. The molecule has 0 aliphatic carbocycles. The van der Waals surface area contributed by atoms with Gasteiger partial charge in [-0.3, -0.25) is 0 Å². The molecule has 2 amide bonds. The first kappa shape index (κ1) is 16.5. The molecule has 0 radical (unpaired) electrons. The number of hydrogen-bond donors (Lipinski definition) is 1. The molecule has 0 bridgehead atoms. The second kappa shape index (κ2) is 6.75. The summed E-state index contributed by atoms with van der Waals surface area (Å²) in [5.41, 5.74) is 1.75. The Balaban J connectivity index is 1.64. The second-order valence-electron chi connectivity index (χ2n) is 5.80. The maximum Gasteiger partial charge on any atom is 0.322 e. The first-order valence-corrected chi connectivity index (χ1v) is 9.48. The van der Waals surface area contributed by atoms with Crippen LogP contribution >= 0.6 is 34.5 Å². The molecule has 7 heteroatoms. The Hall–Kier alpha value is -1.95. The molecule has 3 heterocycles. The van der Waals surface area contributed by atoms with E-state index in [9.17, 15) is 4.79 Å². The van der Waals surface area contributed by atoms with Crippen LogP contribution in [-0.2, 0) is 6.54 Å². The topological polar surface area (TPSA) is 37.3 Å². The molecule has 4 rings (SSSR count). The predicted molar refractivity (Wildman–Crippen MR) is 103 cm³/mol. The molecular formula is C18H15Cl2N3OS. The van der Waals surface area contributed by atoms with Crippen LogP contribution in [0.1, 0.15) is 16.6 Å². The van der Waals surface area contributed by atoms with Crippen LogP contribution in [0.25, 0.3) is 0 Å². The Kier molecular flexibility index (Phi) is 4.46. The van der Waals surface area contributed by atoms with Crippen LogP contribution in [0.15, 0.2) is 54.0 Å². The molecule has 1 aromatic carbocycles. The van der Waals surface area contributed by atoms with Gasteiger partial charge in [0.25, 0.3) is 0 Å². The number of halogens is 2. The molecule has 3 aromatic rings. The van der Waals surface area contributed by atoms with E-state index in [1.165, 1.54) is 0 Å². The molecule has 0 saturated heterocycles. The van der Waals surface area contributed by atoms with E-state index in [0.29, 0.717) is 22.3 Å². The van der Waals surface area contributed by atoms with Gasteiger partial charge in [0, 0.05) is 35.5 Å². The highest BCUT2D eigenvalue weighted by atomic mass is 35.5. The minimum absolute atomic E-state index is 0.0912. The van der Waals surface area contributed by atoms with Gasteiger partial charge in [-0.2, -0.15) is 0 Å². The molecule has 1 atom stereocenters. The fourth-order valence-corrected chi connectivity index (χ4v) is 4.26. The maximum atomic E-state index is 12.9. The third-order valence-corrected chi connectivity index (χ3v) is 5.95. The van der Waals surface area contributed by atoms with Gasteiger partial charge in [0.15, 0.2) is 0 Å². The van der Waals surface area contributed by atoms with Crippen LogP contribution in [0.5, 0.6) is 0 Å². The maximum absolute atomic E-state index is 12.9. The average Bonchev–Trinajstić information content (AvgIpc) is 3.28. The van der Waals surface area contributed by atoms with Crippen LogP contribution in [-0.4, -0.2) is 22.0 Å². The first-order chi connectivity index (χ1) is 12.1. The number of amides is 2. The van der Waals surface area contributed by atoms with Crippen molar-refractivity contribution in [2.24, 2.45) is 0 Å². The summed E-state index contributed by atoms with van der Waals surface area (Å²) in [6.45, 7) is 1.41. The molecule has 1 aliphatic heterocycles. The van der Waals surface area contributed by atoms with E-state index in [-0.39, 0.29) is 12.1 Å². The number of carbonyl (C=O) groups excluding carboxylic acids is 1. The smallest absolute Gasteiger partial charge is 0.322 e. The molecule has 0 spiro atoms. The molecule has 1 unspecified atom stereocenters. The number of benzene rings is 1. The van der Waals surface area contributed by atoms with Crippen molar-refractivity contribution in [3.8, 4) is 0 Å². The highest BCUT2D eigenvalue weighted by Gasteiger charge is 2.32. The number of carbonyl (C=O) groups is 1. The van der Waals surface area contributed by atoms with Crippen LogP contribution < -0.4 is 5.32 Å². The second-order valence-corrected chi connectivity index (χ2v) is 7.59. The Morgan fingerprint density at radius 2 is 2.00 bits per heavy atom. The summed E-state index contributed by atoms with van der Waals surface area (Å²) in [5.74, 6) is 0. The van der Waals surface area contributed by atoms with Gasteiger partial charge in [-0.1, -0.05) is 29.3 Å². The fraction of sp³-hybridized carbons (Fsp3) is 0.167. The van der Waals surface area contributed by atoms with E-state index < -0.39 is 0 Å². The monoisotopic (exact) mass is 391 g/mol. The number of urea groups is 1. The molecule has 1 N–H and O–H groups in total. The molecule has 128 valence electrons. The highest BCUT2D eigenvalue weighted by molar-refractivity contribution is 7.10. The number of hydrogen-bond acceptors (Lipinski definition) is 2. The number of anilines is 1. The summed E-state index contributed by atoms with van der Waals surface area (Å²) in [6, 6.07) is 13.0. The van der Waals surface area contributed by atoms with Gasteiger partial charge in [0.05, 0.1) is 10.0 Å². The number of fused-ring (bicyclic) bond motifs is 1. The van der Waals surface area contributed by atoms with E-state index in [1.807, 2.05) is 22.4 Å². The molecule has 1 aliphatic rings. The zero-order chi connectivity index (χ0) is 17.4. The third-order valence-electron chi connectivity index (χ3n) is 4.28. The van der Waals surface area contributed by atoms with Crippen LogP contribution in [0.2, 0.25) is 10.0 Å². The first-order valence-electron chi connectivity index (χ1n) is 7.84. The lowest BCUT2D eigenvalue weighted by Crippen LogP contribution is -2.44. The van der Waals surface area contributed by atoms with Crippen molar-refractivity contribution < 1.29 is 4.79 Å². The molecule has 25 heavy (non-hydrogen) atoms. The molecule has 0 saturated carbocycles. The minimum Gasteiger partial charge on any atom is -0.347 e. The van der Waals surface area contributed by atoms with Crippen molar-refractivity contribution >= 4 is 46.3 Å². The van der Waals surface area contributed by atoms with Gasteiger partial charge in [-0.15, -0.1) is 11.3 Å². The zero-order valence-electron chi connectivity index (χ0n) is 13.2. The third kappa shape index (κ3) is 3.15. The Labute approximate surface area is 159 Å². The van der Waals surface area contributed by atoms with Gasteiger partial charge in [-0.25, -0.2) is 4.79 Å². The van der Waals surface area contributed by atoms with E-state index >= 15 is 0 Å². The summed E-state index contributed by atoms with van der Waals surface area (Å²) in [7, 11) is 0. The number of thiophene rings is 1. The number of nitrogens with one attached hydrogen (secondary N) is 1. The number of nitrogens with zero attached hydrogens (tertiary/aromatic N) is 2. The lowest BCUT2D eigenvalue weighted by molar-refractivity contribution is 0.183. The standard InChI is InChI=1S/C18H15Cl2N3OS/c19-13-6-5-12(11-14(13)20)21-18(24)23-9-8-22-7-1-3-15(22)17(23)16-4-2-10-25-16/h1-7,10-11,17H,8-9H2,(H,21,24). The minimum atomic E-state index is -0.149. The van der Waals surface area contributed by atoms with Gasteiger partial charge in [0.2, 0.25) is 0 Å². The molecule has 0 fully saturated rings. The summed E-state index contributed by atoms with van der Waals surface area (Å²) >= 11 is 13.6. The van der Waals surface area contributed by atoms with E-state index in [1.54, 1.807) is 29.5 Å². The van der Waals surface area contributed by atoms with Crippen molar-refractivity contribution in [1.82, 2.24) is 9.47 Å². The fourth-order valence-electron chi connectivity index (χ4n) is 3.12. The van der Waals surface area contributed by atoms with Crippen molar-refractivity contribution in [2.75, 3.05) is 11.9 Å². The molecular weight excluding hydrogens is 377 g/mol. The quantitative estimate of drug-likeness (QED) is 0.615. The Morgan fingerprint density at radius 1 is 1.12 bits per heavy atom. The highest BCUT2D eigenvalue weighted by Crippen LogP contribution is 2.35. The summed E-state index contributed by atoms with van der Waals surface area (Å²) < 4.78 is 2.20. The van der Waals surface area contributed by atoms with Crippen LogP contribution in [0.3, 0.4) is 0 Å². The average molecular weight is 392 g/mol. The predicted octanol–water partition coefficient (Wildman–Crippen LogP) is 5.49. The normalized spacial score (nSPS) is 16.6. The lowest BCUT2D eigenvalue weighted by atomic mass is 10.1. The van der Waals surface area contributed by atoms with Gasteiger partial charge in [0.1, 0.15) is 6.04 Å². The van der Waals surface area contributed by atoms with Crippen molar-refractivity contribution in [2.45, 2.75) is 12.6 Å².